The number of rotatable bonds is 8. The first-order chi connectivity index (χ1) is 14.0. The number of likely N-dealkylation sites (tertiary alicyclic amines) is 1. The second-order valence-corrected chi connectivity index (χ2v) is 8.10. The van der Waals surface area contributed by atoms with Gasteiger partial charge in [-0.15, -0.1) is 0 Å². The van der Waals surface area contributed by atoms with Gasteiger partial charge in [-0.05, 0) is 71.5 Å². The third-order valence-electron chi connectivity index (χ3n) is 6.07. The fourth-order valence-electron chi connectivity index (χ4n) is 4.24. The predicted molar refractivity (Wildman–Crippen MR) is 113 cm³/mol. The monoisotopic (exact) mass is 396 g/mol. The van der Waals surface area contributed by atoms with Crippen LogP contribution in [0.4, 0.5) is 0 Å². The van der Waals surface area contributed by atoms with Crippen molar-refractivity contribution in [1.82, 2.24) is 24.8 Å². The zero-order chi connectivity index (χ0) is 20.8. The van der Waals surface area contributed by atoms with Crippen molar-refractivity contribution in [3.8, 4) is 6.07 Å². The number of aromatic nitrogens is 3. The summed E-state index contributed by atoms with van der Waals surface area (Å²) in [4.78, 5) is 19.4. The van der Waals surface area contributed by atoms with Crippen molar-refractivity contribution in [3.05, 3.63) is 28.7 Å². The quantitative estimate of drug-likeness (QED) is 0.693. The molecule has 3 heterocycles. The van der Waals surface area contributed by atoms with Crippen LogP contribution in [0.3, 0.4) is 0 Å². The molecule has 1 aliphatic heterocycles. The normalized spacial score (nSPS) is 17.4. The molecule has 1 atom stereocenters. The molecule has 0 saturated carbocycles. The molecule has 156 valence electrons. The Morgan fingerprint density at radius 2 is 2.17 bits per heavy atom. The summed E-state index contributed by atoms with van der Waals surface area (Å²) in [5, 5.41) is 16.5. The molecule has 2 aromatic heterocycles. The minimum absolute atomic E-state index is 0.0772. The minimum Gasteiger partial charge on any atom is -0.356 e. The van der Waals surface area contributed by atoms with Crippen LogP contribution in [-0.2, 0) is 11.2 Å². The van der Waals surface area contributed by atoms with Crippen LogP contribution in [0, 0.1) is 25.2 Å². The van der Waals surface area contributed by atoms with E-state index in [0.717, 1.165) is 42.9 Å². The van der Waals surface area contributed by atoms with Crippen LogP contribution >= 0.6 is 0 Å². The Hall–Kier alpha value is -2.46. The van der Waals surface area contributed by atoms with Crippen LogP contribution in [0.25, 0.3) is 5.65 Å². The standard InChI is InChI=1S/C22H32N6O/c1-16-8-4-6-12-27(16)13-7-5-11-24-21(29)10-9-20-17(2)26-22-19(14-23)15-25-28(22)18(20)3/h15-16H,4-13H2,1-3H3,(H,24,29). The highest BCUT2D eigenvalue weighted by atomic mass is 16.1. The molecule has 0 aliphatic carbocycles. The van der Waals surface area contributed by atoms with Gasteiger partial charge in [-0.3, -0.25) is 4.79 Å². The SMILES string of the molecule is Cc1nc2c(C#N)cnn2c(C)c1CCC(=O)NCCCCN1CCCCC1C. The molecule has 0 radical (unpaired) electrons. The predicted octanol–water partition coefficient (Wildman–Crippen LogP) is 2.92. The molecule has 1 fully saturated rings. The van der Waals surface area contributed by atoms with Crippen molar-refractivity contribution < 1.29 is 4.79 Å². The molecule has 3 rings (SSSR count). The Balaban J connectivity index is 1.43. The van der Waals surface area contributed by atoms with Crippen molar-refractivity contribution in [3.63, 3.8) is 0 Å². The van der Waals surface area contributed by atoms with E-state index in [1.807, 2.05) is 13.8 Å². The minimum atomic E-state index is 0.0772. The van der Waals surface area contributed by atoms with Crippen molar-refractivity contribution in [2.75, 3.05) is 19.6 Å². The molecule has 0 aromatic carbocycles. The van der Waals surface area contributed by atoms with Crippen LogP contribution in [0.5, 0.6) is 0 Å². The molecule has 1 aliphatic rings. The number of hydrogen-bond donors (Lipinski definition) is 1. The summed E-state index contributed by atoms with van der Waals surface area (Å²) in [5.74, 6) is 0.0772. The smallest absolute Gasteiger partial charge is 0.220 e. The molecule has 0 spiro atoms. The maximum atomic E-state index is 12.3. The van der Waals surface area contributed by atoms with Gasteiger partial charge in [0, 0.05) is 30.4 Å². The lowest BCUT2D eigenvalue weighted by molar-refractivity contribution is -0.121. The fourth-order valence-corrected chi connectivity index (χ4v) is 4.24. The van der Waals surface area contributed by atoms with Crippen LogP contribution < -0.4 is 5.32 Å². The van der Waals surface area contributed by atoms with Crippen molar-refractivity contribution in [1.29, 1.82) is 5.26 Å². The third-order valence-corrected chi connectivity index (χ3v) is 6.07. The lowest BCUT2D eigenvalue weighted by Gasteiger charge is -2.33. The van der Waals surface area contributed by atoms with E-state index in [9.17, 15) is 4.79 Å². The van der Waals surface area contributed by atoms with E-state index < -0.39 is 0 Å². The molecular weight excluding hydrogens is 364 g/mol. The van der Waals surface area contributed by atoms with Gasteiger partial charge in [0.15, 0.2) is 5.65 Å². The molecule has 1 unspecified atom stereocenters. The van der Waals surface area contributed by atoms with E-state index in [4.69, 9.17) is 5.26 Å². The lowest BCUT2D eigenvalue weighted by atomic mass is 10.0. The number of carbonyl (C=O) groups is 1. The average molecular weight is 397 g/mol. The average Bonchev–Trinajstić information content (AvgIpc) is 3.11. The van der Waals surface area contributed by atoms with Gasteiger partial charge >= 0.3 is 0 Å². The van der Waals surface area contributed by atoms with E-state index >= 15 is 0 Å². The Morgan fingerprint density at radius 1 is 1.34 bits per heavy atom. The summed E-state index contributed by atoms with van der Waals surface area (Å²) in [6.07, 6.45) is 8.73. The van der Waals surface area contributed by atoms with Gasteiger partial charge in [0.1, 0.15) is 11.6 Å². The summed E-state index contributed by atoms with van der Waals surface area (Å²) < 4.78 is 1.69. The number of hydrogen-bond acceptors (Lipinski definition) is 5. The molecule has 2 aromatic rings. The van der Waals surface area contributed by atoms with Crippen molar-refractivity contribution in [2.24, 2.45) is 0 Å². The van der Waals surface area contributed by atoms with E-state index in [0.29, 0.717) is 30.1 Å². The van der Waals surface area contributed by atoms with E-state index in [2.05, 4.69) is 33.3 Å². The molecule has 29 heavy (non-hydrogen) atoms. The van der Waals surface area contributed by atoms with Gasteiger partial charge in [-0.2, -0.15) is 10.4 Å². The zero-order valence-electron chi connectivity index (χ0n) is 17.9. The summed E-state index contributed by atoms with van der Waals surface area (Å²) in [5.41, 5.74) is 3.88. The topological polar surface area (TPSA) is 86.3 Å². The second-order valence-electron chi connectivity index (χ2n) is 8.10. The first-order valence-electron chi connectivity index (χ1n) is 10.8. The van der Waals surface area contributed by atoms with E-state index in [1.54, 1.807) is 4.52 Å². The molecule has 7 heteroatoms. The van der Waals surface area contributed by atoms with Crippen LogP contribution in [0.15, 0.2) is 6.20 Å². The van der Waals surface area contributed by atoms with Crippen LogP contribution in [-0.4, -0.2) is 51.1 Å². The first kappa shape index (κ1) is 21.3. The van der Waals surface area contributed by atoms with Gasteiger partial charge < -0.3 is 10.2 Å². The van der Waals surface area contributed by atoms with E-state index in [-0.39, 0.29) is 5.91 Å². The molecule has 1 saturated heterocycles. The molecule has 1 N–H and O–H groups in total. The van der Waals surface area contributed by atoms with Crippen LogP contribution in [0.2, 0.25) is 0 Å². The summed E-state index contributed by atoms with van der Waals surface area (Å²) in [6, 6.07) is 2.82. The molecule has 7 nitrogen and oxygen atoms in total. The summed E-state index contributed by atoms with van der Waals surface area (Å²) in [7, 11) is 0. The zero-order valence-corrected chi connectivity index (χ0v) is 17.9. The van der Waals surface area contributed by atoms with Gasteiger partial charge in [-0.25, -0.2) is 9.50 Å². The lowest BCUT2D eigenvalue weighted by Crippen LogP contribution is -2.38. The molecule has 0 bridgehead atoms. The van der Waals surface area contributed by atoms with Gasteiger partial charge in [0.25, 0.3) is 0 Å². The maximum Gasteiger partial charge on any atom is 0.220 e. The molecular formula is C22H32N6O. The maximum absolute atomic E-state index is 12.3. The molecule has 1 amide bonds. The van der Waals surface area contributed by atoms with Crippen molar-refractivity contribution >= 4 is 11.6 Å². The number of nitriles is 1. The Kier molecular flexibility index (Phi) is 7.21. The second kappa shape index (κ2) is 9.84. The van der Waals surface area contributed by atoms with E-state index in [1.165, 1.54) is 32.0 Å². The number of fused-ring (bicyclic) bond motifs is 1. The van der Waals surface area contributed by atoms with Gasteiger partial charge in [0.05, 0.1) is 6.20 Å². The number of nitrogens with zero attached hydrogens (tertiary/aromatic N) is 5. The van der Waals surface area contributed by atoms with Crippen molar-refractivity contribution in [2.45, 2.75) is 71.8 Å². The number of nitrogens with one attached hydrogen (secondary N) is 1. The third kappa shape index (κ3) is 5.13. The highest BCUT2D eigenvalue weighted by Gasteiger charge is 2.17. The Labute approximate surface area is 173 Å². The number of amides is 1. The highest BCUT2D eigenvalue weighted by Crippen LogP contribution is 2.18. The number of unbranched alkanes of at least 4 members (excludes halogenated alkanes) is 1. The first-order valence-corrected chi connectivity index (χ1v) is 10.8. The fraction of sp³-hybridized carbons (Fsp3) is 0.636. The largest absolute Gasteiger partial charge is 0.356 e. The van der Waals surface area contributed by atoms with Gasteiger partial charge in [-0.1, -0.05) is 6.42 Å². The van der Waals surface area contributed by atoms with Gasteiger partial charge in [0.2, 0.25) is 5.91 Å². The number of carbonyl (C=O) groups excluding carboxylic acids is 1. The number of piperidine rings is 1. The number of aryl methyl sites for hydroxylation is 2. The Morgan fingerprint density at radius 3 is 2.93 bits per heavy atom. The van der Waals surface area contributed by atoms with Crippen LogP contribution in [0.1, 0.15) is 68.0 Å². The highest BCUT2D eigenvalue weighted by molar-refractivity contribution is 5.76. The summed E-state index contributed by atoms with van der Waals surface area (Å²) in [6.45, 7) is 9.30. The Bertz CT molecular complexity index is 897. The summed E-state index contributed by atoms with van der Waals surface area (Å²) >= 11 is 0.